The third-order valence-electron chi connectivity index (χ3n) is 5.21. The molecule has 1 aliphatic heterocycles. The summed E-state index contributed by atoms with van der Waals surface area (Å²) in [5, 5.41) is 5.71. The van der Waals surface area contributed by atoms with E-state index in [0.717, 1.165) is 5.56 Å². The van der Waals surface area contributed by atoms with Crippen molar-refractivity contribution in [3.63, 3.8) is 0 Å². The lowest BCUT2D eigenvalue weighted by atomic mass is 10.1. The third-order valence-corrected chi connectivity index (χ3v) is 7.13. The van der Waals surface area contributed by atoms with Gasteiger partial charge >= 0.3 is 0 Å². The second-order valence-corrected chi connectivity index (χ2v) is 9.35. The molecule has 160 valence electrons. The van der Waals surface area contributed by atoms with Crippen LogP contribution < -0.4 is 10.6 Å². The Labute approximate surface area is 177 Å². The molecule has 0 radical (unpaired) electrons. The van der Waals surface area contributed by atoms with Crippen molar-refractivity contribution in [2.45, 2.75) is 44.0 Å². The van der Waals surface area contributed by atoms with Gasteiger partial charge in [-0.25, -0.2) is 8.42 Å². The molecule has 1 saturated heterocycles. The van der Waals surface area contributed by atoms with Gasteiger partial charge in [0.25, 0.3) is 5.91 Å². The van der Waals surface area contributed by atoms with Crippen molar-refractivity contribution < 1.29 is 18.0 Å². The van der Waals surface area contributed by atoms with Crippen molar-refractivity contribution in [3.05, 3.63) is 59.7 Å². The van der Waals surface area contributed by atoms with Gasteiger partial charge in [-0.1, -0.05) is 36.8 Å². The first kappa shape index (κ1) is 22.0. The van der Waals surface area contributed by atoms with Crippen molar-refractivity contribution in [3.8, 4) is 0 Å². The van der Waals surface area contributed by atoms with Crippen LogP contribution in [0.4, 0.5) is 5.69 Å². The van der Waals surface area contributed by atoms with Crippen molar-refractivity contribution in [2.75, 3.05) is 18.4 Å². The number of carbonyl (C=O) groups is 2. The molecule has 3 rings (SSSR count). The molecule has 1 heterocycles. The van der Waals surface area contributed by atoms with E-state index in [4.69, 9.17) is 0 Å². The van der Waals surface area contributed by atoms with Gasteiger partial charge in [-0.2, -0.15) is 4.31 Å². The Balaban J connectivity index is 1.62. The predicted octanol–water partition coefficient (Wildman–Crippen LogP) is 2.93. The van der Waals surface area contributed by atoms with Gasteiger partial charge < -0.3 is 10.6 Å². The maximum Gasteiger partial charge on any atom is 0.253 e. The number of hydrogen-bond donors (Lipinski definition) is 2. The Morgan fingerprint density at radius 3 is 2.30 bits per heavy atom. The minimum absolute atomic E-state index is 0.128. The second kappa shape index (κ2) is 9.40. The van der Waals surface area contributed by atoms with E-state index in [2.05, 4.69) is 10.6 Å². The van der Waals surface area contributed by atoms with Gasteiger partial charge in [-0.3, -0.25) is 9.59 Å². The molecular formula is C22H27N3O4S. The number of piperidine rings is 1. The van der Waals surface area contributed by atoms with Crippen molar-refractivity contribution in [2.24, 2.45) is 0 Å². The number of nitrogens with one attached hydrogen (secondary N) is 2. The zero-order chi connectivity index (χ0) is 21.7. The van der Waals surface area contributed by atoms with Crippen LogP contribution in [0.15, 0.2) is 53.4 Å². The summed E-state index contributed by atoms with van der Waals surface area (Å²) in [4.78, 5) is 24.7. The quantitative estimate of drug-likeness (QED) is 0.738. The minimum atomic E-state index is -3.53. The summed E-state index contributed by atoms with van der Waals surface area (Å²) in [5.74, 6) is -0.438. The van der Waals surface area contributed by atoms with E-state index < -0.39 is 10.0 Å². The Morgan fingerprint density at radius 2 is 1.67 bits per heavy atom. The van der Waals surface area contributed by atoms with E-state index in [1.54, 1.807) is 55.5 Å². The van der Waals surface area contributed by atoms with Gasteiger partial charge in [-0.05, 0) is 44.0 Å². The lowest BCUT2D eigenvalue weighted by Gasteiger charge is -2.31. The molecule has 8 heteroatoms. The van der Waals surface area contributed by atoms with Crippen LogP contribution >= 0.6 is 0 Å². The molecule has 0 aliphatic carbocycles. The number of amides is 2. The average Bonchev–Trinajstić information content (AvgIpc) is 2.74. The maximum atomic E-state index is 12.8. The number of benzene rings is 2. The fourth-order valence-electron chi connectivity index (χ4n) is 3.39. The van der Waals surface area contributed by atoms with Gasteiger partial charge in [0.1, 0.15) is 0 Å². The standard InChI is InChI=1S/C22H27N3O4S/c1-3-21(26)24-20-7-5-4-6-19(20)22(27)23-17-12-14-25(15-13-17)30(28,29)18-10-8-16(2)9-11-18/h4-11,17H,3,12-15H2,1-2H3,(H,23,27)(H,24,26). The number of nitrogens with zero attached hydrogens (tertiary/aromatic N) is 1. The number of sulfonamides is 1. The molecule has 0 bridgehead atoms. The summed E-state index contributed by atoms with van der Waals surface area (Å²) in [6, 6.07) is 13.6. The molecule has 1 aliphatic rings. The Morgan fingerprint density at radius 1 is 1.03 bits per heavy atom. The highest BCUT2D eigenvalue weighted by Gasteiger charge is 2.30. The highest BCUT2D eigenvalue weighted by Crippen LogP contribution is 2.22. The first-order valence-corrected chi connectivity index (χ1v) is 11.5. The summed E-state index contributed by atoms with van der Waals surface area (Å²) >= 11 is 0. The summed E-state index contributed by atoms with van der Waals surface area (Å²) in [6.45, 7) is 4.34. The van der Waals surface area contributed by atoms with Gasteiger partial charge in [0.2, 0.25) is 15.9 Å². The van der Waals surface area contributed by atoms with Crippen LogP contribution in [0.25, 0.3) is 0 Å². The summed E-state index contributed by atoms with van der Waals surface area (Å²) < 4.78 is 27.1. The fourth-order valence-corrected chi connectivity index (χ4v) is 4.86. The number of anilines is 1. The summed E-state index contributed by atoms with van der Waals surface area (Å²) in [6.07, 6.45) is 1.38. The van der Waals surface area contributed by atoms with Crippen molar-refractivity contribution in [1.82, 2.24) is 9.62 Å². The largest absolute Gasteiger partial charge is 0.349 e. The van der Waals surface area contributed by atoms with Crippen LogP contribution in [-0.2, 0) is 14.8 Å². The monoisotopic (exact) mass is 429 g/mol. The van der Waals surface area contributed by atoms with E-state index in [1.165, 1.54) is 4.31 Å². The molecule has 2 N–H and O–H groups in total. The predicted molar refractivity (Wildman–Crippen MR) is 116 cm³/mol. The molecule has 0 atom stereocenters. The van der Waals surface area contributed by atoms with Crippen molar-refractivity contribution >= 4 is 27.5 Å². The molecule has 0 aromatic heterocycles. The molecule has 0 spiro atoms. The highest BCUT2D eigenvalue weighted by atomic mass is 32.2. The molecule has 2 aromatic rings. The summed E-state index contributed by atoms with van der Waals surface area (Å²) in [5.41, 5.74) is 1.88. The van der Waals surface area contributed by atoms with Crippen LogP contribution in [0.1, 0.15) is 42.1 Å². The van der Waals surface area contributed by atoms with Gasteiger partial charge in [0, 0.05) is 25.6 Å². The third kappa shape index (κ3) is 5.06. The zero-order valence-corrected chi connectivity index (χ0v) is 18.0. The zero-order valence-electron chi connectivity index (χ0n) is 17.2. The smallest absolute Gasteiger partial charge is 0.253 e. The average molecular weight is 430 g/mol. The summed E-state index contributed by atoms with van der Waals surface area (Å²) in [7, 11) is -3.53. The van der Waals surface area contributed by atoms with E-state index in [-0.39, 0.29) is 22.8 Å². The van der Waals surface area contributed by atoms with E-state index in [9.17, 15) is 18.0 Å². The molecule has 1 fully saturated rings. The van der Waals surface area contributed by atoms with Crippen molar-refractivity contribution in [1.29, 1.82) is 0 Å². The number of aryl methyl sites for hydroxylation is 1. The molecule has 30 heavy (non-hydrogen) atoms. The topological polar surface area (TPSA) is 95.6 Å². The highest BCUT2D eigenvalue weighted by molar-refractivity contribution is 7.89. The first-order chi connectivity index (χ1) is 14.3. The lowest BCUT2D eigenvalue weighted by Crippen LogP contribution is -2.46. The van der Waals surface area contributed by atoms with E-state index in [0.29, 0.717) is 43.6 Å². The second-order valence-electron chi connectivity index (χ2n) is 7.41. The van der Waals surface area contributed by atoms with Crippen LogP contribution in [-0.4, -0.2) is 43.7 Å². The number of para-hydroxylation sites is 1. The molecule has 2 amide bonds. The van der Waals surface area contributed by atoms with Crippen LogP contribution in [0, 0.1) is 6.92 Å². The fraction of sp³-hybridized carbons (Fsp3) is 0.364. The number of hydrogen-bond acceptors (Lipinski definition) is 4. The van der Waals surface area contributed by atoms with Gasteiger partial charge in [-0.15, -0.1) is 0 Å². The lowest BCUT2D eigenvalue weighted by molar-refractivity contribution is -0.115. The maximum absolute atomic E-state index is 12.8. The molecule has 7 nitrogen and oxygen atoms in total. The van der Waals surface area contributed by atoms with Crippen LogP contribution in [0.5, 0.6) is 0 Å². The molecular weight excluding hydrogens is 402 g/mol. The Kier molecular flexibility index (Phi) is 6.89. The SMILES string of the molecule is CCC(=O)Nc1ccccc1C(=O)NC1CCN(S(=O)(=O)c2ccc(C)cc2)CC1. The number of carbonyl (C=O) groups excluding carboxylic acids is 2. The van der Waals surface area contributed by atoms with E-state index in [1.807, 2.05) is 6.92 Å². The van der Waals surface area contributed by atoms with Crippen LogP contribution in [0.3, 0.4) is 0 Å². The minimum Gasteiger partial charge on any atom is -0.349 e. The number of rotatable bonds is 6. The Hall–Kier alpha value is -2.71. The molecule has 0 unspecified atom stereocenters. The normalized spacial score (nSPS) is 15.5. The first-order valence-electron chi connectivity index (χ1n) is 10.1. The van der Waals surface area contributed by atoms with Gasteiger partial charge in [0.05, 0.1) is 16.1 Å². The van der Waals surface area contributed by atoms with E-state index >= 15 is 0 Å². The molecule has 2 aromatic carbocycles. The Bertz CT molecular complexity index is 1010. The van der Waals surface area contributed by atoms with Crippen LogP contribution in [0.2, 0.25) is 0 Å². The molecule has 0 saturated carbocycles. The van der Waals surface area contributed by atoms with Gasteiger partial charge in [0.15, 0.2) is 0 Å².